The standard InChI is InChI=1S/C13H18N/c1-9-7-6-8-11-12(9)14(5)10(2)13(11,3)4/h6-8H,1-5H3/q+1. The molecule has 1 nitrogen and oxygen atoms in total. The second-order valence-electron chi connectivity index (χ2n) is 4.74. The Morgan fingerprint density at radius 1 is 1.14 bits per heavy atom. The molecule has 14 heavy (non-hydrogen) atoms. The van der Waals surface area contributed by atoms with Crippen molar-refractivity contribution in [3.8, 4) is 0 Å². The average molecular weight is 188 g/mol. The molecule has 0 N–H and O–H groups in total. The number of nitrogens with zero attached hydrogens (tertiary/aromatic N) is 1. The van der Waals surface area contributed by atoms with Gasteiger partial charge in [-0.15, -0.1) is 0 Å². The van der Waals surface area contributed by atoms with Gasteiger partial charge in [-0.25, -0.2) is 4.58 Å². The molecule has 2 rings (SSSR count). The third-order valence-electron chi connectivity index (χ3n) is 3.65. The SMILES string of the molecule is CC1=[N+](C)c2c(C)cccc2C1(C)C. The van der Waals surface area contributed by atoms with Crippen molar-refractivity contribution in [2.45, 2.75) is 33.1 Å². The Morgan fingerprint density at radius 2 is 1.79 bits per heavy atom. The third-order valence-corrected chi connectivity index (χ3v) is 3.65. The largest absolute Gasteiger partial charge is 0.212 e. The average Bonchev–Trinajstić information content (AvgIpc) is 2.30. The summed E-state index contributed by atoms with van der Waals surface area (Å²) in [6.45, 7) is 9.00. The summed E-state index contributed by atoms with van der Waals surface area (Å²) >= 11 is 0. The van der Waals surface area contributed by atoms with Gasteiger partial charge in [0.1, 0.15) is 7.05 Å². The molecule has 1 aromatic rings. The minimum atomic E-state index is 0.191. The first kappa shape index (κ1) is 9.45. The van der Waals surface area contributed by atoms with Crippen LogP contribution in [0.25, 0.3) is 0 Å². The Bertz CT molecular complexity index is 425. The predicted molar refractivity (Wildman–Crippen MR) is 60.7 cm³/mol. The fourth-order valence-corrected chi connectivity index (χ4v) is 2.39. The van der Waals surface area contributed by atoms with E-state index in [1.165, 1.54) is 22.5 Å². The van der Waals surface area contributed by atoms with E-state index < -0.39 is 0 Å². The highest BCUT2D eigenvalue weighted by Gasteiger charge is 2.41. The van der Waals surface area contributed by atoms with Gasteiger partial charge >= 0.3 is 0 Å². The number of benzene rings is 1. The molecule has 0 saturated carbocycles. The molecule has 1 aromatic carbocycles. The summed E-state index contributed by atoms with van der Waals surface area (Å²) < 4.78 is 2.32. The van der Waals surface area contributed by atoms with E-state index in [2.05, 4.69) is 57.5 Å². The molecule has 1 aliphatic rings. The number of fused-ring (bicyclic) bond motifs is 1. The molecule has 74 valence electrons. The summed E-state index contributed by atoms with van der Waals surface area (Å²) in [6.07, 6.45) is 0. The molecule has 0 unspecified atom stereocenters. The topological polar surface area (TPSA) is 3.01 Å². The minimum absolute atomic E-state index is 0.191. The zero-order chi connectivity index (χ0) is 10.5. The minimum Gasteiger partial charge on any atom is -0.202 e. The molecule has 0 atom stereocenters. The van der Waals surface area contributed by atoms with Gasteiger partial charge in [-0.2, -0.15) is 0 Å². The van der Waals surface area contributed by atoms with E-state index in [-0.39, 0.29) is 5.41 Å². The zero-order valence-electron chi connectivity index (χ0n) is 9.68. The number of para-hydroxylation sites is 1. The first-order valence-corrected chi connectivity index (χ1v) is 5.14. The number of aryl methyl sites for hydroxylation is 1. The second kappa shape index (κ2) is 2.69. The highest BCUT2D eigenvalue weighted by molar-refractivity contribution is 5.93. The van der Waals surface area contributed by atoms with Crippen LogP contribution in [-0.4, -0.2) is 17.3 Å². The molecule has 1 heteroatoms. The molecular formula is C13H18N+. The lowest BCUT2D eigenvalue weighted by Gasteiger charge is -2.14. The summed E-state index contributed by atoms with van der Waals surface area (Å²) in [5.74, 6) is 0. The van der Waals surface area contributed by atoms with E-state index in [4.69, 9.17) is 0 Å². The fourth-order valence-electron chi connectivity index (χ4n) is 2.39. The maximum absolute atomic E-state index is 2.32. The highest BCUT2D eigenvalue weighted by atomic mass is 15.0. The second-order valence-corrected chi connectivity index (χ2v) is 4.74. The molecule has 0 radical (unpaired) electrons. The van der Waals surface area contributed by atoms with Gasteiger partial charge in [-0.3, -0.25) is 0 Å². The van der Waals surface area contributed by atoms with Crippen LogP contribution in [0.1, 0.15) is 31.9 Å². The van der Waals surface area contributed by atoms with Gasteiger partial charge in [-0.05, 0) is 20.8 Å². The van der Waals surface area contributed by atoms with E-state index in [1.54, 1.807) is 0 Å². The molecule has 0 amide bonds. The maximum atomic E-state index is 2.32. The zero-order valence-corrected chi connectivity index (χ0v) is 9.68. The number of rotatable bonds is 0. The molecule has 0 saturated heterocycles. The smallest absolute Gasteiger partial charge is 0.202 e. The van der Waals surface area contributed by atoms with Crippen LogP contribution >= 0.6 is 0 Å². The summed E-state index contributed by atoms with van der Waals surface area (Å²) in [4.78, 5) is 0. The van der Waals surface area contributed by atoms with E-state index in [0.29, 0.717) is 0 Å². The van der Waals surface area contributed by atoms with E-state index in [0.717, 1.165) is 0 Å². The molecule has 0 aromatic heterocycles. The van der Waals surface area contributed by atoms with Crippen molar-refractivity contribution in [2.24, 2.45) is 0 Å². The van der Waals surface area contributed by atoms with Crippen molar-refractivity contribution in [1.29, 1.82) is 0 Å². The van der Waals surface area contributed by atoms with Crippen molar-refractivity contribution >= 4 is 11.4 Å². The van der Waals surface area contributed by atoms with Gasteiger partial charge in [0.25, 0.3) is 0 Å². The van der Waals surface area contributed by atoms with Crippen LogP contribution in [0.2, 0.25) is 0 Å². The van der Waals surface area contributed by atoms with E-state index >= 15 is 0 Å². The van der Waals surface area contributed by atoms with Crippen LogP contribution in [0.15, 0.2) is 18.2 Å². The Hall–Kier alpha value is -1.11. The van der Waals surface area contributed by atoms with Gasteiger partial charge in [0.05, 0.1) is 5.41 Å². The Balaban J connectivity index is 2.80. The van der Waals surface area contributed by atoms with Crippen molar-refractivity contribution in [3.63, 3.8) is 0 Å². The molecule has 1 aliphatic heterocycles. The Kier molecular flexibility index (Phi) is 1.82. The number of hydrogen-bond acceptors (Lipinski definition) is 0. The van der Waals surface area contributed by atoms with Gasteiger partial charge in [0.15, 0.2) is 5.71 Å². The molecular weight excluding hydrogens is 170 g/mol. The van der Waals surface area contributed by atoms with Gasteiger partial charge in [0, 0.05) is 18.1 Å². The van der Waals surface area contributed by atoms with Crippen LogP contribution in [0.3, 0.4) is 0 Å². The Morgan fingerprint density at radius 3 is 2.36 bits per heavy atom. The first-order chi connectivity index (χ1) is 6.46. The van der Waals surface area contributed by atoms with Crippen LogP contribution in [-0.2, 0) is 5.41 Å². The highest BCUT2D eigenvalue weighted by Crippen LogP contribution is 2.40. The van der Waals surface area contributed by atoms with Crippen LogP contribution in [0.4, 0.5) is 5.69 Å². The summed E-state index contributed by atoms with van der Waals surface area (Å²) in [7, 11) is 2.16. The van der Waals surface area contributed by atoms with Crippen molar-refractivity contribution in [1.82, 2.24) is 0 Å². The van der Waals surface area contributed by atoms with Crippen molar-refractivity contribution < 1.29 is 4.58 Å². The predicted octanol–water partition coefficient (Wildman–Crippen LogP) is 3.02. The molecule has 1 heterocycles. The van der Waals surface area contributed by atoms with Crippen LogP contribution < -0.4 is 0 Å². The molecule has 0 spiro atoms. The van der Waals surface area contributed by atoms with Gasteiger partial charge in [-0.1, -0.05) is 18.2 Å². The monoisotopic (exact) mass is 188 g/mol. The number of hydrogen-bond donors (Lipinski definition) is 0. The van der Waals surface area contributed by atoms with Gasteiger partial charge in [0.2, 0.25) is 5.69 Å². The summed E-state index contributed by atoms with van der Waals surface area (Å²) in [5.41, 5.74) is 5.85. The van der Waals surface area contributed by atoms with Crippen LogP contribution in [0.5, 0.6) is 0 Å². The normalized spacial score (nSPS) is 18.6. The lowest BCUT2D eigenvalue weighted by molar-refractivity contribution is -0.403. The fraction of sp³-hybridized carbons (Fsp3) is 0.462. The molecule has 0 fully saturated rings. The quantitative estimate of drug-likeness (QED) is 0.551. The lowest BCUT2D eigenvalue weighted by atomic mass is 9.82. The lowest BCUT2D eigenvalue weighted by Crippen LogP contribution is -2.25. The van der Waals surface area contributed by atoms with Gasteiger partial charge < -0.3 is 0 Å². The summed E-state index contributed by atoms with van der Waals surface area (Å²) in [5, 5.41) is 0. The van der Waals surface area contributed by atoms with Crippen LogP contribution in [0, 0.1) is 6.92 Å². The van der Waals surface area contributed by atoms with Crippen molar-refractivity contribution in [3.05, 3.63) is 29.3 Å². The Labute approximate surface area is 86.1 Å². The molecule has 0 aliphatic carbocycles. The van der Waals surface area contributed by atoms with Crippen molar-refractivity contribution in [2.75, 3.05) is 7.05 Å². The van der Waals surface area contributed by atoms with E-state index in [9.17, 15) is 0 Å². The van der Waals surface area contributed by atoms with E-state index in [1.807, 2.05) is 0 Å². The molecule has 0 bridgehead atoms. The first-order valence-electron chi connectivity index (χ1n) is 5.14. The summed E-state index contributed by atoms with van der Waals surface area (Å²) in [6, 6.07) is 6.59. The third kappa shape index (κ3) is 0.985. The maximum Gasteiger partial charge on any atom is 0.212 e.